The normalized spacial score (nSPS) is 13.3. The quantitative estimate of drug-likeness (QED) is 0.603. The zero-order chi connectivity index (χ0) is 17.5. The monoisotopic (exact) mass is 328 g/mol. The molecule has 0 saturated carbocycles. The van der Waals surface area contributed by atoms with Crippen molar-refractivity contribution in [3.8, 4) is 0 Å². The van der Waals surface area contributed by atoms with Crippen LogP contribution in [0.4, 0.5) is 5.69 Å². The average Bonchev–Trinajstić information content (AvgIpc) is 3.09. The van der Waals surface area contributed by atoms with E-state index in [1.165, 1.54) is 11.1 Å². The highest BCUT2D eigenvalue weighted by Gasteiger charge is 2.16. The van der Waals surface area contributed by atoms with Crippen LogP contribution in [0.25, 0.3) is 0 Å². The smallest absolute Gasteiger partial charge is 0.193 e. The number of benzene rings is 1. The highest BCUT2D eigenvalue weighted by atomic mass is 16.3. The molecular weight excluding hydrogens is 300 g/mol. The number of likely N-dealkylation sites (N-methyl/N-ethyl adjacent to an activating group) is 1. The van der Waals surface area contributed by atoms with Crippen LogP contribution < -0.4 is 11.1 Å². The van der Waals surface area contributed by atoms with Crippen molar-refractivity contribution in [2.45, 2.75) is 32.7 Å². The molecule has 2 aromatic rings. The molecule has 5 nitrogen and oxygen atoms in total. The van der Waals surface area contributed by atoms with Crippen LogP contribution in [0.3, 0.4) is 0 Å². The van der Waals surface area contributed by atoms with Gasteiger partial charge in [-0.1, -0.05) is 32.0 Å². The van der Waals surface area contributed by atoms with Gasteiger partial charge in [0.05, 0.1) is 18.8 Å². The fourth-order valence-corrected chi connectivity index (χ4v) is 2.74. The minimum absolute atomic E-state index is 0.0624. The summed E-state index contributed by atoms with van der Waals surface area (Å²) in [6.07, 6.45) is 3.59. The molecular formula is C19H28N4O. The molecule has 1 atom stereocenters. The summed E-state index contributed by atoms with van der Waals surface area (Å²) in [5.74, 6) is 1.32. The van der Waals surface area contributed by atoms with Crippen molar-refractivity contribution < 1.29 is 4.42 Å². The van der Waals surface area contributed by atoms with E-state index in [2.05, 4.69) is 47.3 Å². The summed E-state index contributed by atoms with van der Waals surface area (Å²) in [5, 5.41) is 3.30. The van der Waals surface area contributed by atoms with Gasteiger partial charge >= 0.3 is 0 Å². The number of anilines is 1. The van der Waals surface area contributed by atoms with Crippen LogP contribution in [0.5, 0.6) is 0 Å². The van der Waals surface area contributed by atoms with Gasteiger partial charge in [0.25, 0.3) is 0 Å². The van der Waals surface area contributed by atoms with Crippen molar-refractivity contribution in [1.29, 1.82) is 0 Å². The average molecular weight is 328 g/mol. The second-order valence-electron chi connectivity index (χ2n) is 6.00. The molecule has 0 spiro atoms. The Morgan fingerprint density at radius 1 is 1.17 bits per heavy atom. The van der Waals surface area contributed by atoms with Crippen molar-refractivity contribution in [2.24, 2.45) is 10.7 Å². The zero-order valence-corrected chi connectivity index (χ0v) is 15.0. The largest absolute Gasteiger partial charge is 0.468 e. The predicted molar refractivity (Wildman–Crippen MR) is 100 cm³/mol. The van der Waals surface area contributed by atoms with Gasteiger partial charge in [0, 0.05) is 5.69 Å². The molecule has 1 aromatic carbocycles. The van der Waals surface area contributed by atoms with Gasteiger partial charge in [0.2, 0.25) is 0 Å². The Labute approximate surface area is 144 Å². The Bertz CT molecular complexity index is 640. The Morgan fingerprint density at radius 2 is 1.83 bits per heavy atom. The van der Waals surface area contributed by atoms with E-state index in [-0.39, 0.29) is 6.04 Å². The summed E-state index contributed by atoms with van der Waals surface area (Å²) in [7, 11) is 4.02. The van der Waals surface area contributed by atoms with Crippen LogP contribution in [0, 0.1) is 0 Å². The number of aliphatic imine (C=N–C) groups is 1. The van der Waals surface area contributed by atoms with Crippen molar-refractivity contribution >= 4 is 11.6 Å². The Balaban J connectivity index is 2.14. The maximum atomic E-state index is 6.14. The molecule has 0 fully saturated rings. The molecule has 0 bridgehead atoms. The van der Waals surface area contributed by atoms with Crippen molar-refractivity contribution in [3.63, 3.8) is 0 Å². The van der Waals surface area contributed by atoms with E-state index in [1.807, 2.05) is 26.2 Å². The summed E-state index contributed by atoms with van der Waals surface area (Å²) in [4.78, 5) is 6.61. The van der Waals surface area contributed by atoms with E-state index in [9.17, 15) is 0 Å². The van der Waals surface area contributed by atoms with Gasteiger partial charge in [-0.15, -0.1) is 0 Å². The molecule has 2 rings (SSSR count). The second kappa shape index (κ2) is 8.55. The van der Waals surface area contributed by atoms with Crippen LogP contribution in [0.1, 0.15) is 36.8 Å². The number of guanidine groups is 1. The number of nitrogens with zero attached hydrogens (tertiary/aromatic N) is 2. The lowest BCUT2D eigenvalue weighted by Crippen LogP contribution is -2.27. The summed E-state index contributed by atoms with van der Waals surface area (Å²) in [6, 6.07) is 10.3. The van der Waals surface area contributed by atoms with Crippen LogP contribution in [0.2, 0.25) is 0 Å². The van der Waals surface area contributed by atoms with E-state index in [0.29, 0.717) is 12.5 Å². The van der Waals surface area contributed by atoms with Gasteiger partial charge in [0.15, 0.2) is 5.96 Å². The maximum absolute atomic E-state index is 6.14. The van der Waals surface area contributed by atoms with E-state index >= 15 is 0 Å². The minimum atomic E-state index is 0.0624. The first-order valence-corrected chi connectivity index (χ1v) is 8.44. The van der Waals surface area contributed by atoms with Crippen molar-refractivity contribution in [3.05, 3.63) is 53.5 Å². The number of hydrogen-bond donors (Lipinski definition) is 2. The van der Waals surface area contributed by atoms with Crippen LogP contribution >= 0.6 is 0 Å². The highest BCUT2D eigenvalue weighted by molar-refractivity contribution is 5.93. The van der Waals surface area contributed by atoms with E-state index in [4.69, 9.17) is 10.2 Å². The lowest BCUT2D eigenvalue weighted by molar-refractivity contribution is 0.265. The van der Waals surface area contributed by atoms with E-state index in [0.717, 1.165) is 24.3 Å². The Hall–Kier alpha value is -2.27. The van der Waals surface area contributed by atoms with Crippen LogP contribution in [0.15, 0.2) is 46.0 Å². The van der Waals surface area contributed by atoms with Gasteiger partial charge in [-0.25, -0.2) is 0 Å². The van der Waals surface area contributed by atoms with Crippen molar-refractivity contribution in [1.82, 2.24) is 4.90 Å². The Kier molecular flexibility index (Phi) is 6.44. The number of aryl methyl sites for hydroxylation is 2. The fraction of sp³-hybridized carbons (Fsp3) is 0.421. The van der Waals surface area contributed by atoms with Gasteiger partial charge in [0.1, 0.15) is 5.76 Å². The third kappa shape index (κ3) is 4.38. The summed E-state index contributed by atoms with van der Waals surface area (Å²) >= 11 is 0. The molecule has 0 saturated heterocycles. The van der Waals surface area contributed by atoms with Gasteiger partial charge < -0.3 is 15.5 Å². The van der Waals surface area contributed by atoms with E-state index < -0.39 is 0 Å². The second-order valence-corrected chi connectivity index (χ2v) is 6.00. The van der Waals surface area contributed by atoms with Crippen LogP contribution in [-0.4, -0.2) is 31.5 Å². The third-order valence-electron chi connectivity index (χ3n) is 4.18. The molecule has 0 amide bonds. The lowest BCUT2D eigenvalue weighted by Gasteiger charge is -2.21. The van der Waals surface area contributed by atoms with Gasteiger partial charge in [-0.3, -0.25) is 9.89 Å². The fourth-order valence-electron chi connectivity index (χ4n) is 2.74. The number of nitrogens with one attached hydrogen (secondary N) is 1. The van der Waals surface area contributed by atoms with E-state index in [1.54, 1.807) is 6.26 Å². The first-order valence-electron chi connectivity index (χ1n) is 8.44. The molecule has 0 radical (unpaired) electrons. The molecule has 0 aliphatic heterocycles. The van der Waals surface area contributed by atoms with Gasteiger partial charge in [-0.05, 0) is 50.2 Å². The zero-order valence-electron chi connectivity index (χ0n) is 15.0. The summed E-state index contributed by atoms with van der Waals surface area (Å²) in [6.45, 7) is 4.83. The SMILES string of the molecule is CCc1cccc(CC)c1NC(N)=NCC(c1ccco1)N(C)C. The number of rotatable bonds is 7. The highest BCUT2D eigenvalue weighted by Crippen LogP contribution is 2.23. The molecule has 0 aliphatic rings. The lowest BCUT2D eigenvalue weighted by atomic mass is 10.0. The molecule has 1 heterocycles. The first kappa shape index (κ1) is 18.1. The summed E-state index contributed by atoms with van der Waals surface area (Å²) in [5.41, 5.74) is 9.74. The molecule has 5 heteroatoms. The molecule has 1 aromatic heterocycles. The number of para-hydroxylation sites is 1. The predicted octanol–water partition coefficient (Wildman–Crippen LogP) is 3.43. The maximum Gasteiger partial charge on any atom is 0.193 e. The Morgan fingerprint density at radius 3 is 2.33 bits per heavy atom. The topological polar surface area (TPSA) is 66.8 Å². The molecule has 3 N–H and O–H groups in total. The number of furan rings is 1. The number of nitrogens with two attached hydrogens (primary N) is 1. The number of hydrogen-bond acceptors (Lipinski definition) is 3. The van der Waals surface area contributed by atoms with Crippen molar-refractivity contribution in [2.75, 3.05) is 26.0 Å². The molecule has 24 heavy (non-hydrogen) atoms. The minimum Gasteiger partial charge on any atom is -0.468 e. The third-order valence-corrected chi connectivity index (χ3v) is 4.18. The van der Waals surface area contributed by atoms with Crippen LogP contribution in [-0.2, 0) is 12.8 Å². The van der Waals surface area contributed by atoms with Gasteiger partial charge in [-0.2, -0.15) is 0 Å². The molecule has 1 unspecified atom stereocenters. The summed E-state index contributed by atoms with van der Waals surface area (Å²) < 4.78 is 5.51. The standard InChI is InChI=1S/C19H28N4O/c1-5-14-9-7-10-15(6-2)18(14)22-19(20)21-13-16(23(3)4)17-11-8-12-24-17/h7-12,16H,5-6,13H2,1-4H3,(H3,20,21,22). The first-order chi connectivity index (χ1) is 11.6. The molecule has 130 valence electrons. The molecule has 0 aliphatic carbocycles.